The molecular weight excluding hydrogens is 973 g/mol. The third-order valence-electron chi connectivity index (χ3n) is 13.6. The molecule has 0 aliphatic rings. The van der Waals surface area contributed by atoms with Crippen molar-refractivity contribution in [3.05, 3.63) is 134 Å². The molecule has 0 heterocycles. The van der Waals surface area contributed by atoms with Gasteiger partial charge in [0.1, 0.15) is 13.2 Å². The van der Waals surface area contributed by atoms with E-state index in [0.29, 0.717) is 19.3 Å². The maximum Gasteiger partial charge on any atom is 0.306 e. The molecule has 0 bridgehead atoms. The summed E-state index contributed by atoms with van der Waals surface area (Å²) in [5, 5.41) is 0. The second-order valence-electron chi connectivity index (χ2n) is 21.3. The molecule has 1 atom stereocenters. The second kappa shape index (κ2) is 66.1. The molecule has 1 unspecified atom stereocenters. The van der Waals surface area contributed by atoms with Gasteiger partial charge in [-0.2, -0.15) is 0 Å². The summed E-state index contributed by atoms with van der Waals surface area (Å²) in [6.45, 7) is 6.36. The Balaban J connectivity index is 4.26. The second-order valence-corrected chi connectivity index (χ2v) is 21.3. The van der Waals surface area contributed by atoms with Crippen LogP contribution in [0.15, 0.2) is 134 Å². The third kappa shape index (κ3) is 64.3. The molecule has 0 aliphatic carbocycles. The van der Waals surface area contributed by atoms with E-state index in [4.69, 9.17) is 14.2 Å². The molecule has 448 valence electrons. The quantitative estimate of drug-likeness (QED) is 0.0261. The van der Waals surface area contributed by atoms with Gasteiger partial charge in [-0.15, -0.1) is 0 Å². The number of ether oxygens (including phenoxy) is 3. The Hall–Kier alpha value is -4.45. The fraction of sp³-hybridized carbons (Fsp3) is 0.658. The fourth-order valence-corrected chi connectivity index (χ4v) is 8.77. The van der Waals surface area contributed by atoms with E-state index in [9.17, 15) is 14.4 Å². The highest BCUT2D eigenvalue weighted by atomic mass is 16.6. The van der Waals surface area contributed by atoms with Crippen molar-refractivity contribution in [2.45, 2.75) is 297 Å². The molecule has 0 aromatic heterocycles. The van der Waals surface area contributed by atoms with E-state index in [1.165, 1.54) is 103 Å². The van der Waals surface area contributed by atoms with Gasteiger partial charge < -0.3 is 14.2 Å². The van der Waals surface area contributed by atoms with Gasteiger partial charge in [0.25, 0.3) is 0 Å². The van der Waals surface area contributed by atoms with Crippen molar-refractivity contribution in [3.8, 4) is 0 Å². The molecule has 0 spiro atoms. The Bertz CT molecular complexity index is 1680. The molecule has 0 rings (SSSR count). The highest BCUT2D eigenvalue weighted by molar-refractivity contribution is 5.71. The zero-order valence-electron chi connectivity index (χ0n) is 51.3. The van der Waals surface area contributed by atoms with Gasteiger partial charge in [0.2, 0.25) is 0 Å². The minimum atomic E-state index is -0.794. The number of rotatable bonds is 58. The normalized spacial score (nSPS) is 13.0. The first-order chi connectivity index (χ1) is 39.0. The van der Waals surface area contributed by atoms with E-state index in [2.05, 4.69) is 154 Å². The number of allylic oxidation sites excluding steroid dienone is 22. The summed E-state index contributed by atoms with van der Waals surface area (Å²) in [7, 11) is 0. The lowest BCUT2D eigenvalue weighted by Gasteiger charge is -2.18. The molecule has 0 amide bonds. The van der Waals surface area contributed by atoms with Gasteiger partial charge in [0.15, 0.2) is 6.10 Å². The molecule has 6 nitrogen and oxygen atoms in total. The van der Waals surface area contributed by atoms with Crippen LogP contribution in [-0.4, -0.2) is 37.2 Å². The lowest BCUT2D eigenvalue weighted by atomic mass is 10.0. The number of carbonyl (C=O) groups excluding carboxylic acids is 3. The smallest absolute Gasteiger partial charge is 0.306 e. The maximum absolute atomic E-state index is 12.9. The van der Waals surface area contributed by atoms with Crippen molar-refractivity contribution >= 4 is 17.9 Å². The van der Waals surface area contributed by atoms with Gasteiger partial charge in [-0.1, -0.05) is 276 Å². The minimum absolute atomic E-state index is 0.0898. The number of hydrogen-bond acceptors (Lipinski definition) is 6. The Morgan fingerprint density at radius 1 is 0.266 bits per heavy atom. The topological polar surface area (TPSA) is 78.9 Å². The summed E-state index contributed by atoms with van der Waals surface area (Å²) in [5.41, 5.74) is 0. The summed E-state index contributed by atoms with van der Waals surface area (Å²) in [5.74, 6) is -0.913. The Morgan fingerprint density at radius 3 is 0.785 bits per heavy atom. The maximum atomic E-state index is 12.9. The van der Waals surface area contributed by atoms with Crippen molar-refractivity contribution in [2.24, 2.45) is 0 Å². The molecule has 6 heteroatoms. The molecule has 0 aliphatic heterocycles. The van der Waals surface area contributed by atoms with Crippen LogP contribution in [0.3, 0.4) is 0 Å². The largest absolute Gasteiger partial charge is 0.462 e. The highest BCUT2D eigenvalue weighted by Crippen LogP contribution is 2.16. The molecule has 0 aromatic rings. The Kier molecular flexibility index (Phi) is 62.3. The Morgan fingerprint density at radius 2 is 0.494 bits per heavy atom. The van der Waals surface area contributed by atoms with Crippen LogP contribution in [0.2, 0.25) is 0 Å². The van der Waals surface area contributed by atoms with Crippen LogP contribution in [0.4, 0.5) is 0 Å². The van der Waals surface area contributed by atoms with Crippen LogP contribution in [0.5, 0.6) is 0 Å². The third-order valence-corrected chi connectivity index (χ3v) is 13.6. The summed E-state index contributed by atoms with van der Waals surface area (Å²) >= 11 is 0. The fourth-order valence-electron chi connectivity index (χ4n) is 8.77. The lowest BCUT2D eigenvalue weighted by Crippen LogP contribution is -2.30. The van der Waals surface area contributed by atoms with Crippen molar-refractivity contribution in [2.75, 3.05) is 13.2 Å². The molecule has 0 fully saturated rings. The molecule has 0 radical (unpaired) electrons. The van der Waals surface area contributed by atoms with Crippen molar-refractivity contribution in [1.82, 2.24) is 0 Å². The number of hydrogen-bond donors (Lipinski definition) is 0. The predicted molar refractivity (Wildman–Crippen MR) is 343 cm³/mol. The first-order valence-electron chi connectivity index (χ1n) is 32.7. The monoisotopic (exact) mass is 1090 g/mol. The summed E-state index contributed by atoms with van der Waals surface area (Å²) in [6.07, 6.45) is 93.2. The van der Waals surface area contributed by atoms with Crippen molar-refractivity contribution in [3.63, 3.8) is 0 Å². The molecule has 0 saturated carbocycles. The number of unbranched alkanes of at least 4 members (excludes halogenated alkanes) is 25. The Labute approximate surface area is 487 Å². The average molecular weight is 1090 g/mol. The summed E-state index contributed by atoms with van der Waals surface area (Å²) in [4.78, 5) is 38.3. The van der Waals surface area contributed by atoms with Gasteiger partial charge in [-0.25, -0.2) is 0 Å². The van der Waals surface area contributed by atoms with Crippen LogP contribution >= 0.6 is 0 Å². The molecule has 0 aromatic carbocycles. The van der Waals surface area contributed by atoms with Crippen molar-refractivity contribution < 1.29 is 28.6 Å². The van der Waals surface area contributed by atoms with Crippen LogP contribution < -0.4 is 0 Å². The van der Waals surface area contributed by atoms with Gasteiger partial charge in [0, 0.05) is 19.3 Å². The first-order valence-corrected chi connectivity index (χ1v) is 32.7. The summed E-state index contributed by atoms with van der Waals surface area (Å²) in [6, 6.07) is 0. The standard InChI is InChI=1S/C73H120O6/c1-4-7-10-13-16-19-22-24-26-28-30-31-32-33-34-35-36-37-38-39-40-41-43-44-46-48-51-54-57-60-63-66-72(75)78-69-70(68-77-71(74)65-62-59-56-53-50-21-18-15-12-9-6-3)79-73(76)67-64-61-58-55-52-49-47-45-42-29-27-25-23-20-17-14-11-8-5-2/h7-8,10-11,15-20,24-27,30-31,33-34,36-37,42,45,70H,4-6,9,12-14,21-23,28-29,32,35,38-41,43-44,46-69H2,1-3H3/b10-7-,11-8-,18-15-,19-16-,20-17-,26-24-,27-25-,31-30-,34-33-,37-36-,45-42-. The van der Waals surface area contributed by atoms with Crippen LogP contribution in [0.25, 0.3) is 0 Å². The van der Waals surface area contributed by atoms with E-state index >= 15 is 0 Å². The number of carbonyl (C=O) groups is 3. The zero-order valence-corrected chi connectivity index (χ0v) is 51.3. The predicted octanol–water partition coefficient (Wildman–Crippen LogP) is 22.5. The van der Waals surface area contributed by atoms with E-state index in [0.717, 1.165) is 148 Å². The van der Waals surface area contributed by atoms with E-state index < -0.39 is 6.10 Å². The van der Waals surface area contributed by atoms with Crippen LogP contribution in [0, 0.1) is 0 Å². The SMILES string of the molecule is CC/C=C\C/C=C\C/C=C\C/C=C\C/C=C\C/C=C\CCCCCCCCCCCCCCC(=O)OCC(COC(=O)CCCCCCC/C=C\CCCC)OC(=O)CCCCCCCC/C=C\C/C=C\C/C=C\C/C=C\CC. The van der Waals surface area contributed by atoms with Gasteiger partial charge in [0.05, 0.1) is 0 Å². The average Bonchev–Trinajstić information content (AvgIpc) is 3.45. The van der Waals surface area contributed by atoms with Gasteiger partial charge in [-0.3, -0.25) is 14.4 Å². The first kappa shape index (κ1) is 74.5. The van der Waals surface area contributed by atoms with E-state index in [-0.39, 0.29) is 31.1 Å². The molecule has 0 saturated heterocycles. The van der Waals surface area contributed by atoms with Crippen LogP contribution in [0.1, 0.15) is 290 Å². The zero-order chi connectivity index (χ0) is 57.1. The van der Waals surface area contributed by atoms with E-state index in [1.54, 1.807) is 0 Å². The van der Waals surface area contributed by atoms with Gasteiger partial charge >= 0.3 is 17.9 Å². The van der Waals surface area contributed by atoms with E-state index in [1.807, 2.05) is 0 Å². The summed E-state index contributed by atoms with van der Waals surface area (Å²) < 4.78 is 16.9. The van der Waals surface area contributed by atoms with Crippen molar-refractivity contribution in [1.29, 1.82) is 0 Å². The van der Waals surface area contributed by atoms with Crippen LogP contribution in [-0.2, 0) is 28.6 Å². The minimum Gasteiger partial charge on any atom is -0.462 e. The van der Waals surface area contributed by atoms with Gasteiger partial charge in [-0.05, 0) is 128 Å². The number of esters is 3. The molecule has 79 heavy (non-hydrogen) atoms. The molecular formula is C73H120O6. The lowest BCUT2D eigenvalue weighted by molar-refractivity contribution is -0.167. The molecule has 0 N–H and O–H groups in total. The highest BCUT2D eigenvalue weighted by Gasteiger charge is 2.19.